The molecule has 0 unspecified atom stereocenters. The second kappa shape index (κ2) is 1.97. The van der Waals surface area contributed by atoms with Gasteiger partial charge < -0.3 is 0 Å². The zero-order valence-corrected chi connectivity index (χ0v) is 4.35. The van der Waals surface area contributed by atoms with Gasteiger partial charge in [0.25, 0.3) is 0 Å². The Bertz CT molecular complexity index is 98.6. The van der Waals surface area contributed by atoms with E-state index in [0.29, 0.717) is 0 Å². The molecule has 0 bridgehead atoms. The molecule has 0 fully saturated rings. The second-order valence-corrected chi connectivity index (χ2v) is 1.72. The molecule has 1 rings (SSSR count). The van der Waals surface area contributed by atoms with Crippen molar-refractivity contribution < 1.29 is 0 Å². The van der Waals surface area contributed by atoms with Gasteiger partial charge in [-0.15, -0.1) is 6.58 Å². The molecule has 7 heavy (non-hydrogen) atoms. The third kappa shape index (κ3) is 0.923. The maximum atomic E-state index is 3.59. The lowest BCUT2D eigenvalue weighted by Gasteiger charge is -2.09. The Hall–Kier alpha value is -0.520. The Morgan fingerprint density at radius 3 is 2.57 bits per heavy atom. The molecule has 0 saturated heterocycles. The van der Waals surface area contributed by atoms with Crippen LogP contribution in [-0.2, 0) is 0 Å². The van der Waals surface area contributed by atoms with Gasteiger partial charge in [0, 0.05) is 6.42 Å². The molecule has 0 heteroatoms. The van der Waals surface area contributed by atoms with E-state index in [1.807, 2.05) is 6.08 Å². The molecule has 0 aromatic rings. The molecule has 0 aromatic heterocycles. The number of hydrogen-bond acceptors (Lipinski definition) is 0. The lowest BCUT2D eigenvalue weighted by atomic mass is 9.96. The highest BCUT2D eigenvalue weighted by molar-refractivity contribution is 5.25. The van der Waals surface area contributed by atoms with Crippen molar-refractivity contribution in [3.8, 4) is 0 Å². The summed E-state index contributed by atoms with van der Waals surface area (Å²) in [5, 5.41) is 0. The van der Waals surface area contributed by atoms with Crippen LogP contribution in [0.1, 0.15) is 12.8 Å². The largest absolute Gasteiger partial charge is 0.102 e. The Balaban J connectivity index is 2.27. The average molecular weight is 93.1 g/mol. The van der Waals surface area contributed by atoms with E-state index < -0.39 is 0 Å². The Morgan fingerprint density at radius 1 is 1.71 bits per heavy atom. The highest BCUT2D eigenvalue weighted by Crippen LogP contribution is 2.19. The van der Waals surface area contributed by atoms with Crippen LogP contribution in [0.3, 0.4) is 0 Å². The number of rotatable bonds is 2. The number of hydrogen-bond donors (Lipinski definition) is 0. The molecule has 0 atom stereocenters. The van der Waals surface area contributed by atoms with E-state index in [2.05, 4.69) is 19.1 Å². The first kappa shape index (κ1) is 4.63. The van der Waals surface area contributed by atoms with E-state index in [9.17, 15) is 0 Å². The van der Waals surface area contributed by atoms with Crippen LogP contribution in [0.4, 0.5) is 0 Å². The molecule has 37 valence electrons. The third-order valence-electron chi connectivity index (χ3n) is 1.17. The van der Waals surface area contributed by atoms with Gasteiger partial charge in [-0.05, 0) is 12.8 Å². The van der Waals surface area contributed by atoms with Crippen LogP contribution in [-0.4, -0.2) is 0 Å². The Labute approximate surface area is 44.5 Å². The van der Waals surface area contributed by atoms with E-state index in [-0.39, 0.29) is 0 Å². The van der Waals surface area contributed by atoms with Crippen molar-refractivity contribution in [2.24, 2.45) is 0 Å². The summed E-state index contributed by atoms with van der Waals surface area (Å²) in [6, 6.07) is 0. The van der Waals surface area contributed by atoms with Crippen molar-refractivity contribution >= 4 is 0 Å². The summed E-state index contributed by atoms with van der Waals surface area (Å²) in [4.78, 5) is 0. The van der Waals surface area contributed by atoms with Gasteiger partial charge in [0.05, 0.1) is 0 Å². The summed E-state index contributed by atoms with van der Waals surface area (Å²) in [5.41, 5.74) is 1.44. The van der Waals surface area contributed by atoms with Gasteiger partial charge in [-0.2, -0.15) is 0 Å². The van der Waals surface area contributed by atoms with Crippen molar-refractivity contribution in [3.63, 3.8) is 0 Å². The first-order valence-corrected chi connectivity index (χ1v) is 2.58. The van der Waals surface area contributed by atoms with Crippen LogP contribution in [0.15, 0.2) is 24.3 Å². The van der Waals surface area contributed by atoms with Gasteiger partial charge >= 0.3 is 0 Å². The topological polar surface area (TPSA) is 0 Å². The standard InChI is InChI=1S/C7H9/c1-2-4-7-5-3-6-7/h2,4-5H,1,3,6H2. The van der Waals surface area contributed by atoms with E-state index in [4.69, 9.17) is 0 Å². The van der Waals surface area contributed by atoms with Crippen molar-refractivity contribution in [2.45, 2.75) is 12.8 Å². The quantitative estimate of drug-likeness (QED) is 0.490. The Kier molecular flexibility index (Phi) is 1.30. The van der Waals surface area contributed by atoms with Gasteiger partial charge in [-0.3, -0.25) is 0 Å². The molecule has 0 spiro atoms. The van der Waals surface area contributed by atoms with Gasteiger partial charge in [0.2, 0.25) is 0 Å². The first-order chi connectivity index (χ1) is 3.43. The van der Waals surface area contributed by atoms with E-state index in [0.717, 1.165) is 0 Å². The minimum absolute atomic E-state index is 1.26. The lowest BCUT2D eigenvalue weighted by molar-refractivity contribution is 0.892. The van der Waals surface area contributed by atoms with Gasteiger partial charge in [0.15, 0.2) is 0 Å². The van der Waals surface area contributed by atoms with Gasteiger partial charge in [0.1, 0.15) is 0 Å². The normalized spacial score (nSPS) is 17.4. The van der Waals surface area contributed by atoms with Crippen molar-refractivity contribution in [2.75, 3.05) is 0 Å². The summed E-state index contributed by atoms with van der Waals surface area (Å²) in [7, 11) is 0. The maximum Gasteiger partial charge on any atom is 0.00744 e. The summed E-state index contributed by atoms with van der Waals surface area (Å²) in [6.45, 7) is 3.59. The highest BCUT2D eigenvalue weighted by atomic mass is 14.1. The summed E-state index contributed by atoms with van der Waals surface area (Å²) >= 11 is 0. The maximum absolute atomic E-state index is 3.59. The number of allylic oxidation sites excluding steroid dienone is 3. The van der Waals surface area contributed by atoms with E-state index >= 15 is 0 Å². The minimum Gasteiger partial charge on any atom is -0.102 e. The van der Waals surface area contributed by atoms with E-state index in [1.165, 1.54) is 18.4 Å². The van der Waals surface area contributed by atoms with Crippen LogP contribution in [0.25, 0.3) is 0 Å². The fourth-order valence-corrected chi connectivity index (χ4v) is 0.614. The average Bonchev–Trinajstić information content (AvgIpc) is 1.55. The Morgan fingerprint density at radius 2 is 2.43 bits per heavy atom. The van der Waals surface area contributed by atoms with Crippen LogP contribution in [0.2, 0.25) is 0 Å². The molecule has 1 aliphatic rings. The smallest absolute Gasteiger partial charge is 0.00744 e. The monoisotopic (exact) mass is 93.1 g/mol. The van der Waals surface area contributed by atoms with Crippen LogP contribution in [0, 0.1) is 6.42 Å². The summed E-state index contributed by atoms with van der Waals surface area (Å²) < 4.78 is 0. The van der Waals surface area contributed by atoms with Crippen molar-refractivity contribution in [1.29, 1.82) is 0 Å². The highest BCUT2D eigenvalue weighted by Gasteiger charge is 2.01. The molecule has 0 aromatic carbocycles. The third-order valence-corrected chi connectivity index (χ3v) is 1.17. The van der Waals surface area contributed by atoms with Crippen LogP contribution >= 0.6 is 0 Å². The SMILES string of the molecule is C=C[CH]C1=CCC1. The fourth-order valence-electron chi connectivity index (χ4n) is 0.614. The summed E-state index contributed by atoms with van der Waals surface area (Å²) in [6.07, 6.45) is 8.64. The lowest BCUT2D eigenvalue weighted by Crippen LogP contribution is -1.91. The molecule has 1 aliphatic carbocycles. The summed E-state index contributed by atoms with van der Waals surface area (Å²) in [5.74, 6) is 0. The molecule has 0 amide bonds. The fraction of sp³-hybridized carbons (Fsp3) is 0.286. The molecular formula is C7H9. The molecule has 1 radical (unpaired) electrons. The molecule has 0 N–H and O–H groups in total. The van der Waals surface area contributed by atoms with Crippen molar-refractivity contribution in [1.82, 2.24) is 0 Å². The van der Waals surface area contributed by atoms with Crippen LogP contribution < -0.4 is 0 Å². The molecule has 0 saturated carbocycles. The zero-order valence-electron chi connectivity index (χ0n) is 4.35. The minimum atomic E-state index is 1.26. The van der Waals surface area contributed by atoms with Crippen LogP contribution in [0.5, 0.6) is 0 Å². The predicted molar refractivity (Wildman–Crippen MR) is 31.8 cm³/mol. The molecule has 0 nitrogen and oxygen atoms in total. The first-order valence-electron chi connectivity index (χ1n) is 2.58. The van der Waals surface area contributed by atoms with Gasteiger partial charge in [-0.1, -0.05) is 17.7 Å². The molecule has 0 heterocycles. The van der Waals surface area contributed by atoms with Crippen molar-refractivity contribution in [3.05, 3.63) is 30.7 Å². The van der Waals surface area contributed by atoms with E-state index in [1.54, 1.807) is 0 Å². The van der Waals surface area contributed by atoms with Gasteiger partial charge in [-0.25, -0.2) is 0 Å². The predicted octanol–water partition coefficient (Wildman–Crippen LogP) is 2.10. The molecule has 0 aliphatic heterocycles. The second-order valence-electron chi connectivity index (χ2n) is 1.72. The zero-order chi connectivity index (χ0) is 5.11. The molecular weight excluding hydrogens is 84.1 g/mol.